The van der Waals surface area contributed by atoms with Gasteiger partial charge in [0.05, 0.1) is 36.1 Å². The molecule has 0 amide bonds. The summed E-state index contributed by atoms with van der Waals surface area (Å²) >= 11 is 0. The standard InChI is InChI=1S/C20H25N3O3S/c1-2-27(25,26)22-9-7-20(8-10-22)11-16(19(20)24)18-15-6-4-3-5-14(15)17-12-21-13-23(17)18/h3-6,12-13,16,18-19,24H,2,7-11H2,1H3/t16-,18?,19+/m1/s1. The van der Waals surface area contributed by atoms with E-state index in [4.69, 9.17) is 0 Å². The van der Waals surface area contributed by atoms with E-state index in [1.165, 1.54) is 11.1 Å². The van der Waals surface area contributed by atoms with Gasteiger partial charge in [0.2, 0.25) is 10.0 Å². The first kappa shape index (κ1) is 17.4. The molecular weight excluding hydrogens is 362 g/mol. The molecule has 1 saturated carbocycles. The van der Waals surface area contributed by atoms with Crippen LogP contribution in [0.15, 0.2) is 36.8 Å². The Kier molecular flexibility index (Phi) is 3.80. The number of rotatable bonds is 3. The van der Waals surface area contributed by atoms with Gasteiger partial charge in [0, 0.05) is 24.6 Å². The Balaban J connectivity index is 1.37. The highest BCUT2D eigenvalue weighted by Gasteiger charge is 2.58. The molecule has 6 nitrogen and oxygen atoms in total. The minimum absolute atomic E-state index is 0.122. The van der Waals surface area contributed by atoms with Crippen molar-refractivity contribution in [3.8, 4) is 11.3 Å². The Hall–Kier alpha value is -1.70. The van der Waals surface area contributed by atoms with Gasteiger partial charge in [0.1, 0.15) is 0 Å². The summed E-state index contributed by atoms with van der Waals surface area (Å²) in [6, 6.07) is 8.50. The number of aromatic nitrogens is 2. The zero-order chi connectivity index (χ0) is 18.8. The molecule has 5 rings (SSSR count). The number of hydrogen-bond acceptors (Lipinski definition) is 4. The highest BCUT2D eigenvalue weighted by molar-refractivity contribution is 7.89. The number of fused-ring (bicyclic) bond motifs is 3. The summed E-state index contributed by atoms with van der Waals surface area (Å²) in [5.74, 6) is 0.295. The molecule has 1 aliphatic carbocycles. The molecule has 144 valence electrons. The predicted octanol–water partition coefficient (Wildman–Crippen LogP) is 2.27. The van der Waals surface area contributed by atoms with Gasteiger partial charge in [-0.1, -0.05) is 24.3 Å². The minimum atomic E-state index is -3.14. The molecule has 3 atom stereocenters. The van der Waals surface area contributed by atoms with Gasteiger partial charge in [-0.05, 0) is 37.2 Å². The molecule has 1 spiro atoms. The molecule has 2 aliphatic heterocycles. The van der Waals surface area contributed by atoms with Crippen molar-refractivity contribution in [2.45, 2.75) is 38.3 Å². The van der Waals surface area contributed by atoms with E-state index in [9.17, 15) is 13.5 Å². The van der Waals surface area contributed by atoms with Crippen molar-refractivity contribution in [1.29, 1.82) is 0 Å². The van der Waals surface area contributed by atoms with Crippen LogP contribution < -0.4 is 0 Å². The maximum Gasteiger partial charge on any atom is 0.213 e. The van der Waals surface area contributed by atoms with E-state index in [0.717, 1.165) is 25.0 Å². The molecule has 7 heteroatoms. The normalized spacial score (nSPS) is 29.3. The summed E-state index contributed by atoms with van der Waals surface area (Å²) in [6.07, 6.45) is 5.78. The highest BCUT2D eigenvalue weighted by atomic mass is 32.2. The molecule has 1 saturated heterocycles. The van der Waals surface area contributed by atoms with E-state index in [-0.39, 0.29) is 23.1 Å². The lowest BCUT2D eigenvalue weighted by atomic mass is 9.53. The number of benzene rings is 1. The number of piperidine rings is 1. The number of hydrogen-bond donors (Lipinski definition) is 1. The summed E-state index contributed by atoms with van der Waals surface area (Å²) < 4.78 is 28.0. The van der Waals surface area contributed by atoms with Crippen molar-refractivity contribution in [2.24, 2.45) is 11.3 Å². The molecule has 3 heterocycles. The summed E-state index contributed by atoms with van der Waals surface area (Å²) in [7, 11) is -3.14. The second-order valence-corrected chi connectivity index (χ2v) is 10.5. The Morgan fingerprint density at radius 3 is 2.70 bits per heavy atom. The average Bonchev–Trinajstić information content (AvgIpc) is 3.27. The monoisotopic (exact) mass is 387 g/mol. The van der Waals surface area contributed by atoms with E-state index in [0.29, 0.717) is 13.1 Å². The molecule has 1 aromatic carbocycles. The van der Waals surface area contributed by atoms with Crippen LogP contribution in [0.2, 0.25) is 0 Å². The molecule has 0 bridgehead atoms. The van der Waals surface area contributed by atoms with Crippen LogP contribution in [0.3, 0.4) is 0 Å². The summed E-state index contributed by atoms with van der Waals surface area (Å²) in [5, 5.41) is 11.2. The smallest absolute Gasteiger partial charge is 0.213 e. The summed E-state index contributed by atoms with van der Waals surface area (Å²) in [4.78, 5) is 4.32. The van der Waals surface area contributed by atoms with Gasteiger partial charge in [0.15, 0.2) is 0 Å². The molecule has 1 N–H and O–H groups in total. The number of sulfonamides is 1. The molecule has 0 radical (unpaired) electrons. The van der Waals surface area contributed by atoms with Crippen LogP contribution in [0.25, 0.3) is 11.3 Å². The Morgan fingerprint density at radius 1 is 1.26 bits per heavy atom. The second-order valence-electron chi connectivity index (χ2n) is 8.19. The van der Waals surface area contributed by atoms with Crippen molar-refractivity contribution < 1.29 is 13.5 Å². The van der Waals surface area contributed by atoms with E-state index in [2.05, 4.69) is 27.8 Å². The van der Waals surface area contributed by atoms with Crippen LogP contribution >= 0.6 is 0 Å². The third kappa shape index (κ3) is 2.38. The highest BCUT2D eigenvalue weighted by Crippen LogP contribution is 2.59. The van der Waals surface area contributed by atoms with E-state index >= 15 is 0 Å². The largest absolute Gasteiger partial charge is 0.392 e. The molecular formula is C20H25N3O3S. The van der Waals surface area contributed by atoms with E-state index < -0.39 is 16.1 Å². The van der Waals surface area contributed by atoms with E-state index in [1.54, 1.807) is 11.2 Å². The van der Waals surface area contributed by atoms with Gasteiger partial charge in [0.25, 0.3) is 0 Å². The fourth-order valence-corrected chi connectivity index (χ4v) is 6.59. The molecule has 2 aromatic rings. The minimum Gasteiger partial charge on any atom is -0.392 e. The third-order valence-corrected chi connectivity index (χ3v) is 8.96. The molecule has 3 aliphatic rings. The van der Waals surface area contributed by atoms with Gasteiger partial charge in [-0.25, -0.2) is 17.7 Å². The van der Waals surface area contributed by atoms with Crippen molar-refractivity contribution in [2.75, 3.05) is 18.8 Å². The Morgan fingerprint density at radius 2 is 2.00 bits per heavy atom. The topological polar surface area (TPSA) is 75.4 Å². The zero-order valence-corrected chi connectivity index (χ0v) is 16.3. The zero-order valence-electron chi connectivity index (χ0n) is 15.5. The van der Waals surface area contributed by atoms with Crippen LogP contribution in [0.4, 0.5) is 0 Å². The van der Waals surface area contributed by atoms with Gasteiger partial charge in [-0.3, -0.25) is 0 Å². The molecule has 27 heavy (non-hydrogen) atoms. The van der Waals surface area contributed by atoms with Gasteiger partial charge >= 0.3 is 0 Å². The van der Waals surface area contributed by atoms with Crippen LogP contribution in [-0.4, -0.2) is 52.3 Å². The first-order valence-electron chi connectivity index (χ1n) is 9.74. The average molecular weight is 388 g/mol. The molecule has 2 fully saturated rings. The van der Waals surface area contributed by atoms with Crippen LogP contribution in [0, 0.1) is 11.3 Å². The SMILES string of the molecule is CCS(=O)(=O)N1CCC2(CC1)C[C@H](C1c3ccccc3-c3cncn31)[C@@H]2O. The van der Waals surface area contributed by atoms with Crippen LogP contribution in [0.5, 0.6) is 0 Å². The first-order valence-corrected chi connectivity index (χ1v) is 11.3. The molecule has 1 aromatic heterocycles. The van der Waals surface area contributed by atoms with Crippen LogP contribution in [0.1, 0.15) is 37.8 Å². The van der Waals surface area contributed by atoms with Gasteiger partial charge in [-0.2, -0.15) is 0 Å². The first-order chi connectivity index (χ1) is 13.0. The summed E-state index contributed by atoms with van der Waals surface area (Å²) in [6.45, 7) is 2.74. The maximum atomic E-state index is 12.1. The third-order valence-electron chi connectivity index (χ3n) is 7.08. The fraction of sp³-hybridized carbons (Fsp3) is 0.550. The maximum absolute atomic E-state index is 12.1. The Bertz CT molecular complexity index is 976. The number of nitrogens with zero attached hydrogens (tertiary/aromatic N) is 3. The van der Waals surface area contributed by atoms with Gasteiger partial charge in [-0.15, -0.1) is 0 Å². The lowest BCUT2D eigenvalue weighted by Gasteiger charge is -2.57. The lowest BCUT2D eigenvalue weighted by Crippen LogP contribution is -2.59. The molecule has 1 unspecified atom stereocenters. The predicted molar refractivity (Wildman–Crippen MR) is 103 cm³/mol. The van der Waals surface area contributed by atoms with Crippen LogP contribution in [-0.2, 0) is 10.0 Å². The Labute approximate surface area is 159 Å². The lowest BCUT2D eigenvalue weighted by molar-refractivity contribution is -0.152. The fourth-order valence-electron chi connectivity index (χ4n) is 5.48. The number of imidazole rings is 1. The second kappa shape index (κ2) is 5.90. The number of aliphatic hydroxyl groups is 1. The van der Waals surface area contributed by atoms with E-state index in [1.807, 2.05) is 18.6 Å². The van der Waals surface area contributed by atoms with Crippen molar-refractivity contribution in [3.05, 3.63) is 42.4 Å². The van der Waals surface area contributed by atoms with Gasteiger partial charge < -0.3 is 9.67 Å². The number of aliphatic hydroxyl groups excluding tert-OH is 1. The van der Waals surface area contributed by atoms with Crippen molar-refractivity contribution in [3.63, 3.8) is 0 Å². The quantitative estimate of drug-likeness (QED) is 0.877. The van der Waals surface area contributed by atoms with Crippen molar-refractivity contribution >= 4 is 10.0 Å². The van der Waals surface area contributed by atoms with Crippen molar-refractivity contribution in [1.82, 2.24) is 13.9 Å². The summed E-state index contributed by atoms with van der Waals surface area (Å²) in [5.41, 5.74) is 3.45.